The van der Waals surface area contributed by atoms with Gasteiger partial charge in [0, 0.05) is 23.7 Å². The van der Waals surface area contributed by atoms with Crippen molar-refractivity contribution in [1.29, 1.82) is 0 Å². The molecule has 3 rings (SSSR count). The molecule has 0 saturated carbocycles. The lowest BCUT2D eigenvalue weighted by molar-refractivity contribution is -0.144. The van der Waals surface area contributed by atoms with Crippen molar-refractivity contribution >= 4 is 53.3 Å². The summed E-state index contributed by atoms with van der Waals surface area (Å²) in [5.41, 5.74) is 0.354. The molecule has 0 radical (unpaired) electrons. The molecule has 0 aliphatic rings. The van der Waals surface area contributed by atoms with E-state index in [2.05, 4.69) is 15.6 Å². The molecule has 14 heteroatoms. The number of carbonyl (C=O) groups excluding carboxylic acids is 4. The van der Waals surface area contributed by atoms with Crippen LogP contribution in [0.25, 0.3) is 0 Å². The summed E-state index contributed by atoms with van der Waals surface area (Å²) >= 11 is 6.45. The predicted molar refractivity (Wildman–Crippen MR) is 187 cm³/mol. The molecule has 3 amide bonds. The van der Waals surface area contributed by atoms with E-state index in [-0.39, 0.29) is 47.6 Å². The number of rotatable bonds is 10. The minimum absolute atomic E-state index is 0.0246. The third-order valence-electron chi connectivity index (χ3n) is 6.34. The molecule has 0 aliphatic carbocycles. The second-order valence-corrected chi connectivity index (χ2v) is 13.4. The van der Waals surface area contributed by atoms with Crippen molar-refractivity contribution in [2.45, 2.75) is 72.1 Å². The molecule has 0 spiro atoms. The fourth-order valence-electron chi connectivity index (χ4n) is 4.25. The lowest BCUT2D eigenvalue weighted by atomic mass is 10.1. The molecule has 3 aromatic carbocycles. The Bertz CT molecular complexity index is 1710. The molecule has 0 aromatic heterocycles. The van der Waals surface area contributed by atoms with Gasteiger partial charge in [-0.25, -0.2) is 14.4 Å². The van der Waals surface area contributed by atoms with Crippen molar-refractivity contribution in [2.24, 2.45) is 4.99 Å². The molecule has 3 N–H and O–H groups in total. The van der Waals surface area contributed by atoms with Crippen LogP contribution in [-0.2, 0) is 32.0 Å². The number of ether oxygens (including phenoxy) is 3. The summed E-state index contributed by atoms with van der Waals surface area (Å²) in [7, 11) is 0. The Labute approximate surface area is 295 Å². The fourth-order valence-corrected chi connectivity index (χ4v) is 4.51. The number of anilines is 1. The average molecular weight is 709 g/mol. The van der Waals surface area contributed by atoms with Gasteiger partial charge in [0.25, 0.3) is 0 Å². The van der Waals surface area contributed by atoms with E-state index < -0.39 is 41.9 Å². The standard InChI is InChI=1S/C36H41ClN4O9/c1-35(2,3)49-33(46)39-32(40-34(47)50-36(4,5)6)38-26-16-12-25(13-17-26)31(45)48-27-18-14-24(28(37)20-27)15-19-29(42)41(22-30(43)44)21-23-10-8-7-9-11-23/h7-14,16-18,20H,15,19,21-22H2,1-6H3,(H,43,44)(H2,38,39,40,46,47). The van der Waals surface area contributed by atoms with E-state index in [1.165, 1.54) is 35.2 Å². The van der Waals surface area contributed by atoms with E-state index in [1.807, 2.05) is 30.3 Å². The first-order valence-corrected chi connectivity index (χ1v) is 16.0. The van der Waals surface area contributed by atoms with Crippen LogP contribution in [0.2, 0.25) is 5.02 Å². The van der Waals surface area contributed by atoms with Crippen LogP contribution in [-0.4, -0.2) is 63.7 Å². The van der Waals surface area contributed by atoms with E-state index in [1.54, 1.807) is 53.7 Å². The highest BCUT2D eigenvalue weighted by molar-refractivity contribution is 6.31. The van der Waals surface area contributed by atoms with Crippen molar-refractivity contribution in [3.05, 3.63) is 94.5 Å². The number of nitrogens with zero attached hydrogens (tertiary/aromatic N) is 2. The number of aryl methyl sites for hydroxylation is 1. The number of aliphatic carboxylic acids is 1. The van der Waals surface area contributed by atoms with Gasteiger partial charge in [0.2, 0.25) is 11.9 Å². The molecule has 0 aliphatic heterocycles. The quantitative estimate of drug-likeness (QED) is 0.0877. The number of hydrogen-bond donors (Lipinski definition) is 3. The van der Waals surface area contributed by atoms with Crippen molar-refractivity contribution < 1.29 is 43.3 Å². The molecular weight excluding hydrogens is 668 g/mol. The molecule has 0 saturated heterocycles. The predicted octanol–water partition coefficient (Wildman–Crippen LogP) is 6.83. The molecule has 0 atom stereocenters. The molecule has 0 heterocycles. The van der Waals surface area contributed by atoms with Gasteiger partial charge in [0.1, 0.15) is 23.5 Å². The summed E-state index contributed by atoms with van der Waals surface area (Å²) in [6, 6.07) is 19.7. The summed E-state index contributed by atoms with van der Waals surface area (Å²) in [4.78, 5) is 66.9. The lowest BCUT2D eigenvalue weighted by Gasteiger charge is -2.21. The number of alkyl carbamates (subject to hydrolysis) is 1. The molecule has 3 aromatic rings. The minimum Gasteiger partial charge on any atom is -0.480 e. The molecule has 0 fully saturated rings. The maximum absolute atomic E-state index is 12.9. The zero-order valence-corrected chi connectivity index (χ0v) is 29.5. The first-order chi connectivity index (χ1) is 23.4. The highest BCUT2D eigenvalue weighted by Gasteiger charge is 2.21. The Morgan fingerprint density at radius 2 is 1.50 bits per heavy atom. The number of carbonyl (C=O) groups is 5. The Hall–Kier alpha value is -5.43. The first-order valence-electron chi connectivity index (χ1n) is 15.6. The Kier molecular flexibility index (Phi) is 13.5. The largest absolute Gasteiger partial charge is 0.480 e. The molecule has 0 unspecified atom stereocenters. The summed E-state index contributed by atoms with van der Waals surface area (Å²) < 4.78 is 15.9. The van der Waals surface area contributed by atoms with Crippen LogP contribution in [0.4, 0.5) is 15.3 Å². The van der Waals surface area contributed by atoms with Gasteiger partial charge >= 0.3 is 24.1 Å². The second-order valence-electron chi connectivity index (χ2n) is 13.0. The number of amides is 3. The van der Waals surface area contributed by atoms with Gasteiger partial charge in [-0.05, 0) is 95.5 Å². The Balaban J connectivity index is 1.63. The normalized spacial score (nSPS) is 11.6. The highest BCUT2D eigenvalue weighted by Crippen LogP contribution is 2.25. The van der Waals surface area contributed by atoms with Crippen molar-refractivity contribution in [1.82, 2.24) is 10.2 Å². The molecule has 0 bridgehead atoms. The van der Waals surface area contributed by atoms with Crippen LogP contribution in [0.1, 0.15) is 69.4 Å². The van der Waals surface area contributed by atoms with Gasteiger partial charge in [0.15, 0.2) is 0 Å². The summed E-state index contributed by atoms with van der Waals surface area (Å²) in [6.45, 7) is 9.79. The zero-order chi connectivity index (χ0) is 37.1. The molecular formula is C36H41ClN4O9. The maximum atomic E-state index is 12.9. The van der Waals surface area contributed by atoms with Gasteiger partial charge in [-0.1, -0.05) is 48.0 Å². The Morgan fingerprint density at radius 1 is 0.860 bits per heavy atom. The van der Waals surface area contributed by atoms with Gasteiger partial charge in [0.05, 0.1) is 5.56 Å². The van der Waals surface area contributed by atoms with E-state index in [9.17, 15) is 29.1 Å². The zero-order valence-electron chi connectivity index (χ0n) is 28.7. The summed E-state index contributed by atoms with van der Waals surface area (Å²) in [6.07, 6.45) is -1.54. The first kappa shape index (κ1) is 39.0. The van der Waals surface area contributed by atoms with Crippen molar-refractivity contribution in [3.8, 4) is 5.75 Å². The van der Waals surface area contributed by atoms with Crippen LogP contribution in [0.5, 0.6) is 5.75 Å². The van der Waals surface area contributed by atoms with Gasteiger partial charge in [-0.3, -0.25) is 14.9 Å². The van der Waals surface area contributed by atoms with Crippen molar-refractivity contribution in [2.75, 3.05) is 11.9 Å². The van der Waals surface area contributed by atoms with Crippen molar-refractivity contribution in [3.63, 3.8) is 0 Å². The molecule has 266 valence electrons. The number of carboxylic acid groups (broad SMARTS) is 1. The number of aliphatic imine (C=N–C) groups is 1. The smallest absolute Gasteiger partial charge is 0.437 e. The van der Waals surface area contributed by atoms with Gasteiger partial charge in [-0.15, -0.1) is 4.99 Å². The topological polar surface area (TPSA) is 173 Å². The number of nitrogens with one attached hydrogen (secondary N) is 2. The number of halogens is 1. The number of benzene rings is 3. The van der Waals surface area contributed by atoms with Gasteiger partial charge < -0.3 is 29.5 Å². The van der Waals surface area contributed by atoms with Crippen LogP contribution in [0.3, 0.4) is 0 Å². The molecule has 50 heavy (non-hydrogen) atoms. The highest BCUT2D eigenvalue weighted by atomic mass is 35.5. The lowest BCUT2D eigenvalue weighted by Crippen LogP contribution is -2.40. The summed E-state index contributed by atoms with van der Waals surface area (Å²) in [5, 5.41) is 14.7. The van der Waals surface area contributed by atoms with Crippen LogP contribution in [0.15, 0.2) is 77.8 Å². The number of esters is 1. The molecule has 13 nitrogen and oxygen atoms in total. The second kappa shape index (κ2) is 17.3. The van der Waals surface area contributed by atoms with E-state index >= 15 is 0 Å². The van der Waals surface area contributed by atoms with Crippen LogP contribution in [0, 0.1) is 0 Å². The SMILES string of the molecule is CC(C)(C)OC(=O)/N=C(\NC(=O)OC(C)(C)C)Nc1ccc(C(=O)Oc2ccc(CCC(=O)N(CC(=O)O)Cc3ccccc3)c(Cl)c2)cc1. The van der Waals surface area contributed by atoms with Gasteiger partial charge in [-0.2, -0.15) is 0 Å². The average Bonchev–Trinajstić information content (AvgIpc) is 2.99. The van der Waals surface area contributed by atoms with E-state index in [4.69, 9.17) is 25.8 Å². The number of carboxylic acids is 1. The third-order valence-corrected chi connectivity index (χ3v) is 6.69. The fraction of sp³-hybridized carbons (Fsp3) is 0.333. The number of guanidine groups is 1. The minimum atomic E-state index is -1.11. The third kappa shape index (κ3) is 14.0. The summed E-state index contributed by atoms with van der Waals surface area (Å²) in [5.74, 6) is -2.23. The Morgan fingerprint density at radius 3 is 2.08 bits per heavy atom. The van der Waals surface area contributed by atoms with E-state index in [0.717, 1.165) is 5.56 Å². The maximum Gasteiger partial charge on any atom is 0.437 e. The monoisotopic (exact) mass is 708 g/mol. The number of hydrogen-bond acceptors (Lipinski definition) is 8. The van der Waals surface area contributed by atoms with E-state index in [0.29, 0.717) is 11.3 Å². The van der Waals surface area contributed by atoms with Crippen LogP contribution >= 0.6 is 11.6 Å². The van der Waals surface area contributed by atoms with Crippen LogP contribution < -0.4 is 15.4 Å².